The average Bonchev–Trinajstić information content (AvgIpc) is 3.42. The van der Waals surface area contributed by atoms with E-state index >= 15 is 8.78 Å². The Kier molecular flexibility index (Phi) is 8.09. The first-order valence-corrected chi connectivity index (χ1v) is 16.6. The first kappa shape index (κ1) is 34.7. The van der Waals surface area contributed by atoms with E-state index in [0.29, 0.717) is 4.47 Å². The fourth-order valence-corrected chi connectivity index (χ4v) is 9.12. The normalized spacial score (nSPS) is 28.9. The van der Waals surface area contributed by atoms with Crippen LogP contribution in [0.2, 0.25) is 5.02 Å². The lowest BCUT2D eigenvalue weighted by Crippen LogP contribution is -2.60. The summed E-state index contributed by atoms with van der Waals surface area (Å²) in [6.07, 6.45) is 0.812. The maximum Gasteiger partial charge on any atom is 0.258 e. The number of phenols is 1. The maximum atomic E-state index is 15.2. The lowest BCUT2D eigenvalue weighted by Gasteiger charge is -2.50. The average molecular weight is 821 g/mol. The van der Waals surface area contributed by atoms with Crippen molar-refractivity contribution in [2.45, 2.75) is 28.5 Å². The lowest BCUT2D eigenvalue weighted by atomic mass is 9.56. The minimum absolute atomic E-state index is 0.0268. The summed E-state index contributed by atoms with van der Waals surface area (Å²) >= 11 is 23.8. The van der Waals surface area contributed by atoms with Crippen LogP contribution in [-0.4, -0.2) is 45.6 Å². The number of carbonyl (C=O) groups is 4. The van der Waals surface area contributed by atoms with Gasteiger partial charge in [-0.2, -0.15) is 0 Å². The second kappa shape index (κ2) is 11.7. The second-order valence-corrected chi connectivity index (χ2v) is 14.8. The Hall–Kier alpha value is -3.72. The highest BCUT2D eigenvalue weighted by molar-refractivity contribution is 9.10. The molecule has 260 valence electrons. The Labute approximate surface area is 302 Å². The predicted molar refractivity (Wildman–Crippen MR) is 173 cm³/mol. The van der Waals surface area contributed by atoms with Gasteiger partial charge in [0.05, 0.1) is 29.7 Å². The molecule has 0 spiro atoms. The number of fused-ring (bicyclic) bond motifs is 4. The van der Waals surface area contributed by atoms with Gasteiger partial charge in [-0.05, 0) is 60.7 Å². The molecule has 50 heavy (non-hydrogen) atoms. The number of carbonyl (C=O) groups excluding carboxylic acids is 4. The molecule has 0 aromatic heterocycles. The fourth-order valence-electron chi connectivity index (χ4n) is 7.70. The van der Waals surface area contributed by atoms with E-state index in [1.54, 1.807) is 18.2 Å². The molecule has 3 aromatic rings. The SMILES string of the molecule is COc1cc([C@H]2C3=CC[C@@H]4C(=O)N(c5ccc(Br)cc5)C(=O)[C@@H]4[C@@H]3C[C@@]3(Cl)C(=O)N(c4c(F)c(F)c(F)c(F)c4F)C(=O)[C@@]23Cl)cc(Cl)c1O. The number of amides is 4. The van der Waals surface area contributed by atoms with Gasteiger partial charge in [0, 0.05) is 10.4 Å². The quantitative estimate of drug-likeness (QED) is 0.0742. The zero-order valence-electron chi connectivity index (χ0n) is 25.0. The molecule has 2 aliphatic heterocycles. The molecule has 4 aliphatic rings. The van der Waals surface area contributed by atoms with Crippen molar-refractivity contribution in [2.24, 2.45) is 17.8 Å². The number of rotatable bonds is 4. The molecule has 2 saturated heterocycles. The molecule has 0 bridgehead atoms. The third-order valence-electron chi connectivity index (χ3n) is 9.91. The van der Waals surface area contributed by atoms with E-state index in [1.165, 1.54) is 25.3 Å². The monoisotopic (exact) mass is 818 g/mol. The van der Waals surface area contributed by atoms with Crippen molar-refractivity contribution in [2.75, 3.05) is 16.9 Å². The number of imide groups is 2. The number of aromatic hydroxyl groups is 1. The van der Waals surface area contributed by atoms with Gasteiger partial charge in [-0.3, -0.25) is 24.1 Å². The first-order valence-electron chi connectivity index (χ1n) is 14.7. The number of benzene rings is 3. The molecule has 17 heteroatoms. The van der Waals surface area contributed by atoms with Crippen molar-refractivity contribution < 1.29 is 51.0 Å². The number of halogens is 9. The third kappa shape index (κ3) is 4.40. The summed E-state index contributed by atoms with van der Waals surface area (Å²) in [6.45, 7) is 0. The van der Waals surface area contributed by atoms with E-state index in [9.17, 15) is 37.5 Å². The molecular formula is C33H19BrCl3F5N2O6. The smallest absolute Gasteiger partial charge is 0.258 e. The van der Waals surface area contributed by atoms with Gasteiger partial charge in [-0.15, -0.1) is 23.2 Å². The van der Waals surface area contributed by atoms with Crippen LogP contribution in [-0.2, 0) is 19.2 Å². The van der Waals surface area contributed by atoms with Crippen LogP contribution in [0.1, 0.15) is 24.3 Å². The number of hydrogen-bond acceptors (Lipinski definition) is 6. The van der Waals surface area contributed by atoms with Gasteiger partial charge in [0.15, 0.2) is 44.5 Å². The van der Waals surface area contributed by atoms with Gasteiger partial charge in [0.25, 0.3) is 11.8 Å². The van der Waals surface area contributed by atoms with Crippen molar-refractivity contribution in [1.29, 1.82) is 0 Å². The highest BCUT2D eigenvalue weighted by Gasteiger charge is 2.77. The van der Waals surface area contributed by atoms with E-state index in [2.05, 4.69) is 15.9 Å². The van der Waals surface area contributed by atoms with Crippen LogP contribution in [0.3, 0.4) is 0 Å². The molecule has 2 heterocycles. The second-order valence-electron chi connectivity index (χ2n) is 12.2. The Bertz CT molecular complexity index is 2090. The van der Waals surface area contributed by atoms with E-state index in [-0.39, 0.29) is 38.9 Å². The molecule has 1 saturated carbocycles. The van der Waals surface area contributed by atoms with Crippen LogP contribution < -0.4 is 14.5 Å². The molecule has 4 amide bonds. The van der Waals surface area contributed by atoms with E-state index in [0.717, 1.165) is 11.0 Å². The predicted octanol–water partition coefficient (Wildman–Crippen LogP) is 7.28. The summed E-state index contributed by atoms with van der Waals surface area (Å²) in [4.78, 5) is 51.8. The number of phenolic OH excluding ortho intramolecular Hbond substituents is 1. The lowest BCUT2D eigenvalue weighted by molar-refractivity contribution is -0.125. The maximum absolute atomic E-state index is 15.2. The molecule has 6 atom stereocenters. The van der Waals surface area contributed by atoms with Gasteiger partial charge < -0.3 is 9.84 Å². The van der Waals surface area contributed by atoms with Gasteiger partial charge in [-0.1, -0.05) is 39.2 Å². The highest BCUT2D eigenvalue weighted by atomic mass is 79.9. The van der Waals surface area contributed by atoms with Crippen LogP contribution in [0.4, 0.5) is 33.3 Å². The number of nitrogens with zero attached hydrogens (tertiary/aromatic N) is 2. The number of alkyl halides is 2. The molecule has 1 N–H and O–H groups in total. The molecular weight excluding hydrogens is 802 g/mol. The Balaban J connectivity index is 1.45. The van der Waals surface area contributed by atoms with Crippen LogP contribution in [0.5, 0.6) is 11.5 Å². The van der Waals surface area contributed by atoms with Gasteiger partial charge >= 0.3 is 0 Å². The van der Waals surface area contributed by atoms with Crippen molar-refractivity contribution in [3.05, 3.63) is 92.2 Å². The summed E-state index contributed by atoms with van der Waals surface area (Å²) < 4.78 is 79.2. The standard InChI is InChI=1S/C33H19BrCl3F5N2O6/c1-50-18-9-11(8-17(35)27(18)45)20-14-6-7-15-19(29(47)43(28(15)46)13-4-2-12(34)3-5-13)16(14)10-32(36)30(48)44(31(49)33(20,32)37)26-24(41)22(39)21(38)23(40)25(26)42/h2-6,8-9,15-16,19-20,45H,7,10H2,1H3/t15-,16+,19-,20-,32+,33-/m0/s1. The topological polar surface area (TPSA) is 104 Å². The van der Waals surface area contributed by atoms with Crippen molar-refractivity contribution in [1.82, 2.24) is 0 Å². The largest absolute Gasteiger partial charge is 0.503 e. The zero-order chi connectivity index (χ0) is 36.4. The van der Waals surface area contributed by atoms with Crippen molar-refractivity contribution in [3.8, 4) is 11.5 Å². The molecule has 3 aromatic carbocycles. The van der Waals surface area contributed by atoms with Crippen molar-refractivity contribution in [3.63, 3.8) is 0 Å². The van der Waals surface area contributed by atoms with E-state index in [4.69, 9.17) is 39.5 Å². The highest BCUT2D eigenvalue weighted by Crippen LogP contribution is 2.66. The Morgan fingerprint density at radius 1 is 0.860 bits per heavy atom. The third-order valence-corrected chi connectivity index (χ3v) is 12.1. The first-order chi connectivity index (χ1) is 23.5. The van der Waals surface area contributed by atoms with Crippen LogP contribution in [0.15, 0.2) is 52.5 Å². The van der Waals surface area contributed by atoms with E-state index < -0.39 is 104 Å². The minimum atomic E-state index is -2.76. The van der Waals surface area contributed by atoms with Crippen LogP contribution >= 0.6 is 50.7 Å². The number of ether oxygens (including phenoxy) is 1. The number of methoxy groups -OCH3 is 1. The van der Waals surface area contributed by atoms with E-state index in [1.807, 2.05) is 0 Å². The van der Waals surface area contributed by atoms with Crippen LogP contribution in [0, 0.1) is 46.8 Å². The van der Waals surface area contributed by atoms with Gasteiger partial charge in [-0.25, -0.2) is 26.9 Å². The molecule has 3 fully saturated rings. The van der Waals surface area contributed by atoms with Gasteiger partial charge in [0.2, 0.25) is 17.6 Å². The number of allylic oxidation sites excluding steroid dienone is 2. The number of hydrogen-bond donors (Lipinski definition) is 1. The van der Waals surface area contributed by atoms with Crippen molar-refractivity contribution >= 4 is 85.7 Å². The van der Waals surface area contributed by atoms with Crippen LogP contribution in [0.25, 0.3) is 0 Å². The molecule has 0 unspecified atom stereocenters. The summed E-state index contributed by atoms with van der Waals surface area (Å²) in [5, 5.41) is 10.2. The Morgan fingerprint density at radius 3 is 2.06 bits per heavy atom. The summed E-state index contributed by atoms with van der Waals surface area (Å²) in [5.74, 6) is -22.5. The molecule has 2 aliphatic carbocycles. The summed E-state index contributed by atoms with van der Waals surface area (Å²) in [7, 11) is 1.18. The zero-order valence-corrected chi connectivity index (χ0v) is 28.9. The molecule has 0 radical (unpaired) electrons. The minimum Gasteiger partial charge on any atom is -0.503 e. The van der Waals surface area contributed by atoms with Gasteiger partial charge in [0.1, 0.15) is 5.69 Å². The molecule has 7 rings (SSSR count). The number of anilines is 2. The Morgan fingerprint density at radius 2 is 1.46 bits per heavy atom. The molecule has 8 nitrogen and oxygen atoms in total. The fraction of sp³-hybridized carbons (Fsp3) is 0.273. The summed E-state index contributed by atoms with van der Waals surface area (Å²) in [6, 6.07) is 8.67. The summed E-state index contributed by atoms with van der Waals surface area (Å²) in [5.41, 5.74) is -1.46.